The van der Waals surface area contributed by atoms with Gasteiger partial charge in [0.15, 0.2) is 0 Å². The van der Waals surface area contributed by atoms with Gasteiger partial charge in [-0.05, 0) is 74.8 Å². The van der Waals surface area contributed by atoms with Crippen molar-refractivity contribution in [3.05, 3.63) is 111 Å². The van der Waals surface area contributed by atoms with E-state index in [0.717, 1.165) is 33.2 Å². The van der Waals surface area contributed by atoms with Gasteiger partial charge in [0.1, 0.15) is 12.4 Å². The predicted molar refractivity (Wildman–Crippen MR) is 127 cm³/mol. The Morgan fingerprint density at radius 1 is 0.862 bits per heavy atom. The lowest BCUT2D eigenvalue weighted by Crippen LogP contribution is -1.97. The van der Waals surface area contributed by atoms with Crippen LogP contribution in [0.3, 0.4) is 0 Å². The summed E-state index contributed by atoms with van der Waals surface area (Å²) in [5.74, 6) is 0.764. The van der Waals surface area contributed by atoms with E-state index in [1.165, 1.54) is 3.57 Å². The second kappa shape index (κ2) is 8.93. The molecule has 0 heterocycles. The van der Waals surface area contributed by atoms with Gasteiger partial charge < -0.3 is 4.74 Å². The molecule has 0 saturated heterocycles. The average molecular weight is 487 g/mol. The fourth-order valence-electron chi connectivity index (χ4n) is 3.17. The molecule has 140 valence electrons. The van der Waals surface area contributed by atoms with Crippen LogP contribution in [0.25, 0.3) is 22.4 Å². The van der Waals surface area contributed by atoms with Crippen LogP contribution in [0.1, 0.15) is 16.7 Å². The van der Waals surface area contributed by atoms with Crippen LogP contribution in [-0.4, -0.2) is 0 Å². The first-order valence-electron chi connectivity index (χ1n) is 9.30. The fraction of sp³-hybridized carbons (Fsp3) is 0.0385. The van der Waals surface area contributed by atoms with Crippen LogP contribution in [0.5, 0.6) is 5.75 Å². The van der Waals surface area contributed by atoms with Crippen LogP contribution in [0.4, 0.5) is 0 Å². The lowest BCUT2D eigenvalue weighted by atomic mass is 10.00. The zero-order valence-electron chi connectivity index (χ0n) is 15.7. The van der Waals surface area contributed by atoms with E-state index in [9.17, 15) is 5.26 Å². The fourth-order valence-corrected chi connectivity index (χ4v) is 3.53. The SMILES string of the molecule is N#CC(=Cc1ccccc1OCc1ccc(I)cc1)c1ccc2ccccc2c1. The molecule has 0 atom stereocenters. The molecule has 0 aromatic heterocycles. The van der Waals surface area contributed by atoms with Gasteiger partial charge in [-0.3, -0.25) is 0 Å². The summed E-state index contributed by atoms with van der Waals surface area (Å²) in [6.07, 6.45) is 1.90. The van der Waals surface area contributed by atoms with Crippen LogP contribution < -0.4 is 4.74 Å². The predicted octanol–water partition coefficient (Wildman–Crippen LogP) is 7.09. The van der Waals surface area contributed by atoms with Crippen molar-refractivity contribution < 1.29 is 4.74 Å². The standard InChI is InChI=1S/C26H18INO/c27-25-13-9-19(10-14-25)18-29-26-8-4-3-7-23(26)16-24(17-28)22-12-11-20-5-1-2-6-21(20)15-22/h1-16H,18H2. The Balaban J connectivity index is 1.63. The number of para-hydroxylation sites is 1. The highest BCUT2D eigenvalue weighted by Crippen LogP contribution is 2.27. The molecular formula is C26H18INO. The number of allylic oxidation sites excluding steroid dienone is 1. The zero-order valence-corrected chi connectivity index (χ0v) is 17.8. The molecule has 4 aromatic rings. The van der Waals surface area contributed by atoms with Gasteiger partial charge in [0, 0.05) is 9.13 Å². The monoisotopic (exact) mass is 487 g/mol. The Labute approximate surface area is 184 Å². The second-order valence-electron chi connectivity index (χ2n) is 6.68. The van der Waals surface area contributed by atoms with E-state index in [0.29, 0.717) is 12.2 Å². The van der Waals surface area contributed by atoms with Crippen LogP contribution >= 0.6 is 22.6 Å². The number of halogens is 1. The molecule has 0 bridgehead atoms. The number of hydrogen-bond acceptors (Lipinski definition) is 2. The molecule has 0 N–H and O–H groups in total. The summed E-state index contributed by atoms with van der Waals surface area (Å²) in [4.78, 5) is 0. The first kappa shape index (κ1) is 19.2. The minimum atomic E-state index is 0.486. The van der Waals surface area contributed by atoms with Crippen molar-refractivity contribution in [2.45, 2.75) is 6.61 Å². The topological polar surface area (TPSA) is 33.0 Å². The van der Waals surface area contributed by atoms with Crippen LogP contribution in [0.15, 0.2) is 91.0 Å². The number of hydrogen-bond donors (Lipinski definition) is 0. The van der Waals surface area contributed by atoms with E-state index in [4.69, 9.17) is 4.74 Å². The maximum atomic E-state index is 9.78. The van der Waals surface area contributed by atoms with Crippen molar-refractivity contribution in [3.8, 4) is 11.8 Å². The van der Waals surface area contributed by atoms with E-state index in [1.807, 2.05) is 48.5 Å². The van der Waals surface area contributed by atoms with Crippen molar-refractivity contribution in [2.75, 3.05) is 0 Å². The number of fused-ring (bicyclic) bond motifs is 1. The Morgan fingerprint density at radius 3 is 2.38 bits per heavy atom. The molecule has 0 radical (unpaired) electrons. The van der Waals surface area contributed by atoms with Gasteiger partial charge in [0.2, 0.25) is 0 Å². The largest absolute Gasteiger partial charge is 0.488 e. The number of nitrogens with zero attached hydrogens (tertiary/aromatic N) is 1. The Kier molecular flexibility index (Phi) is 5.92. The first-order chi connectivity index (χ1) is 14.2. The van der Waals surface area contributed by atoms with Gasteiger partial charge in [0.05, 0.1) is 11.6 Å². The molecule has 0 aliphatic rings. The van der Waals surface area contributed by atoms with Crippen molar-refractivity contribution in [3.63, 3.8) is 0 Å². The highest BCUT2D eigenvalue weighted by atomic mass is 127. The normalized spacial score (nSPS) is 11.2. The van der Waals surface area contributed by atoms with E-state index in [-0.39, 0.29) is 0 Å². The van der Waals surface area contributed by atoms with Crippen LogP contribution in [0, 0.1) is 14.9 Å². The summed E-state index contributed by atoms with van der Waals surface area (Å²) in [7, 11) is 0. The summed E-state index contributed by atoms with van der Waals surface area (Å²) in [6, 6.07) is 32.7. The summed E-state index contributed by atoms with van der Waals surface area (Å²) >= 11 is 2.29. The van der Waals surface area contributed by atoms with Gasteiger partial charge in [-0.2, -0.15) is 5.26 Å². The third-order valence-corrected chi connectivity index (χ3v) is 5.43. The molecule has 4 rings (SSSR count). The maximum absolute atomic E-state index is 9.78. The van der Waals surface area contributed by atoms with Gasteiger partial charge >= 0.3 is 0 Å². The highest BCUT2D eigenvalue weighted by Gasteiger charge is 2.07. The van der Waals surface area contributed by atoms with Crippen molar-refractivity contribution in [1.82, 2.24) is 0 Å². The zero-order chi connectivity index (χ0) is 20.1. The van der Waals surface area contributed by atoms with Crippen molar-refractivity contribution in [1.29, 1.82) is 5.26 Å². The Morgan fingerprint density at radius 2 is 1.59 bits per heavy atom. The molecule has 3 heteroatoms. The smallest absolute Gasteiger partial charge is 0.127 e. The van der Waals surface area contributed by atoms with E-state index < -0.39 is 0 Å². The quantitative estimate of drug-likeness (QED) is 0.171. The Bertz CT molecular complexity index is 1220. The molecule has 4 aromatic carbocycles. The highest BCUT2D eigenvalue weighted by molar-refractivity contribution is 14.1. The molecule has 0 aliphatic heterocycles. The van der Waals surface area contributed by atoms with Gasteiger partial charge in [-0.1, -0.05) is 66.7 Å². The molecule has 0 spiro atoms. The molecule has 0 aliphatic carbocycles. The first-order valence-corrected chi connectivity index (χ1v) is 10.4. The summed E-state index contributed by atoms with van der Waals surface area (Å²) in [6.45, 7) is 0.486. The third kappa shape index (κ3) is 4.67. The summed E-state index contributed by atoms with van der Waals surface area (Å²) in [5, 5.41) is 12.1. The Hall–Kier alpha value is -3.10. The van der Waals surface area contributed by atoms with Gasteiger partial charge in [-0.15, -0.1) is 0 Å². The van der Waals surface area contributed by atoms with E-state index in [1.54, 1.807) is 0 Å². The van der Waals surface area contributed by atoms with Crippen molar-refractivity contribution in [2.24, 2.45) is 0 Å². The van der Waals surface area contributed by atoms with E-state index in [2.05, 4.69) is 77.2 Å². The molecular weight excluding hydrogens is 469 g/mol. The van der Waals surface area contributed by atoms with Gasteiger partial charge in [0.25, 0.3) is 0 Å². The summed E-state index contributed by atoms with van der Waals surface area (Å²) < 4.78 is 7.26. The van der Waals surface area contributed by atoms with E-state index >= 15 is 0 Å². The molecule has 0 saturated carbocycles. The van der Waals surface area contributed by atoms with Crippen molar-refractivity contribution >= 4 is 45.0 Å². The number of benzene rings is 4. The average Bonchev–Trinajstić information content (AvgIpc) is 2.77. The number of nitriles is 1. The second-order valence-corrected chi connectivity index (χ2v) is 7.93. The third-order valence-electron chi connectivity index (χ3n) is 4.71. The molecule has 29 heavy (non-hydrogen) atoms. The summed E-state index contributed by atoms with van der Waals surface area (Å²) in [5.41, 5.74) is 3.52. The van der Waals surface area contributed by atoms with Gasteiger partial charge in [-0.25, -0.2) is 0 Å². The minimum absolute atomic E-state index is 0.486. The number of ether oxygens (including phenoxy) is 1. The molecule has 0 fully saturated rings. The number of rotatable bonds is 5. The molecule has 0 unspecified atom stereocenters. The molecule has 2 nitrogen and oxygen atoms in total. The maximum Gasteiger partial charge on any atom is 0.127 e. The minimum Gasteiger partial charge on any atom is -0.488 e. The van der Waals surface area contributed by atoms with Crippen LogP contribution in [0.2, 0.25) is 0 Å². The lowest BCUT2D eigenvalue weighted by molar-refractivity contribution is 0.305. The molecule has 0 amide bonds. The van der Waals surface area contributed by atoms with Crippen LogP contribution in [-0.2, 0) is 6.61 Å². The lowest BCUT2D eigenvalue weighted by Gasteiger charge is -2.10.